The van der Waals surface area contributed by atoms with Crippen molar-refractivity contribution < 1.29 is 23.5 Å². The third-order valence-corrected chi connectivity index (χ3v) is 6.74. The van der Waals surface area contributed by atoms with Gasteiger partial charge in [-0.05, 0) is 53.6 Å². The molecule has 0 heterocycles. The van der Waals surface area contributed by atoms with E-state index in [-0.39, 0.29) is 17.7 Å². The molecule has 2 unspecified atom stereocenters. The van der Waals surface area contributed by atoms with Gasteiger partial charge < -0.3 is 14.8 Å². The van der Waals surface area contributed by atoms with Crippen LogP contribution in [0.2, 0.25) is 15.1 Å². The molecule has 39 heavy (non-hydrogen) atoms. The van der Waals surface area contributed by atoms with Gasteiger partial charge in [-0.2, -0.15) is 0 Å². The number of rotatable bonds is 9. The molecule has 2 atom stereocenters. The smallest absolute Gasteiger partial charge is 0.328 e. The van der Waals surface area contributed by atoms with Crippen LogP contribution in [-0.4, -0.2) is 25.0 Å². The van der Waals surface area contributed by atoms with Crippen LogP contribution in [0, 0.1) is 5.82 Å². The Bertz CT molecular complexity index is 1470. The molecule has 0 saturated heterocycles. The summed E-state index contributed by atoms with van der Waals surface area (Å²) < 4.78 is 26.2. The lowest BCUT2D eigenvalue weighted by Gasteiger charge is -2.22. The summed E-state index contributed by atoms with van der Waals surface area (Å²) in [4.78, 5) is 25.2. The van der Waals surface area contributed by atoms with Crippen molar-refractivity contribution in [2.75, 3.05) is 7.11 Å². The zero-order valence-electron chi connectivity index (χ0n) is 20.7. The Kier molecular flexibility index (Phi) is 9.46. The molecule has 0 saturated carbocycles. The number of carbonyl (C=O) groups excluding carboxylic acids is 2. The number of nitrogens with one attached hydrogen (secondary N) is 1. The quantitative estimate of drug-likeness (QED) is 0.207. The summed E-state index contributed by atoms with van der Waals surface area (Å²) in [5, 5.41) is 3.93. The van der Waals surface area contributed by atoms with Crippen LogP contribution < -0.4 is 10.1 Å². The fraction of sp³-hybridized carbons (Fsp3) is 0.133. The number of amides is 1. The van der Waals surface area contributed by atoms with Gasteiger partial charge in [0.05, 0.1) is 7.11 Å². The first kappa shape index (κ1) is 28.4. The Morgan fingerprint density at radius 3 is 2.21 bits per heavy atom. The Hall–Kier alpha value is -3.58. The Morgan fingerprint density at radius 1 is 0.872 bits per heavy atom. The van der Waals surface area contributed by atoms with E-state index in [1.165, 1.54) is 19.2 Å². The van der Waals surface area contributed by atoms with E-state index < -0.39 is 29.8 Å². The summed E-state index contributed by atoms with van der Waals surface area (Å²) in [5.74, 6) is -2.13. The second-order valence-corrected chi connectivity index (χ2v) is 9.88. The highest BCUT2D eigenvalue weighted by Crippen LogP contribution is 2.35. The zero-order chi connectivity index (χ0) is 27.9. The minimum absolute atomic E-state index is 0.00869. The molecule has 0 aliphatic rings. The largest absolute Gasteiger partial charge is 0.478 e. The first-order valence-electron chi connectivity index (χ1n) is 11.8. The van der Waals surface area contributed by atoms with Crippen LogP contribution in [0.4, 0.5) is 4.39 Å². The number of halogens is 4. The van der Waals surface area contributed by atoms with E-state index in [0.717, 1.165) is 11.6 Å². The van der Waals surface area contributed by atoms with E-state index in [0.29, 0.717) is 26.2 Å². The SMILES string of the molecule is COC(=O)C(Cc1ccccc1)NC(=O)c1ccc(OC(c2ccc(Cl)cc2)c2ccc(Cl)cc2Cl)c(F)c1. The number of hydrogen-bond donors (Lipinski definition) is 1. The van der Waals surface area contributed by atoms with Gasteiger partial charge in [-0.1, -0.05) is 83.3 Å². The number of esters is 1. The Labute approximate surface area is 240 Å². The fourth-order valence-corrected chi connectivity index (χ4v) is 4.59. The molecule has 9 heteroatoms. The summed E-state index contributed by atoms with van der Waals surface area (Å²) in [6.45, 7) is 0. The molecule has 4 aromatic rings. The second-order valence-electron chi connectivity index (χ2n) is 8.60. The van der Waals surface area contributed by atoms with Crippen LogP contribution in [0.3, 0.4) is 0 Å². The van der Waals surface area contributed by atoms with E-state index in [9.17, 15) is 9.59 Å². The predicted octanol–water partition coefficient (Wildman–Crippen LogP) is 7.47. The van der Waals surface area contributed by atoms with Gasteiger partial charge in [0.1, 0.15) is 6.04 Å². The summed E-state index contributed by atoms with van der Waals surface area (Å²) >= 11 is 18.6. The molecule has 1 N–H and O–H groups in total. The van der Waals surface area contributed by atoms with Gasteiger partial charge in [0, 0.05) is 32.6 Å². The van der Waals surface area contributed by atoms with Gasteiger partial charge in [0.2, 0.25) is 0 Å². The van der Waals surface area contributed by atoms with Crippen molar-refractivity contribution in [3.63, 3.8) is 0 Å². The molecule has 1 amide bonds. The lowest BCUT2D eigenvalue weighted by Crippen LogP contribution is -2.43. The minimum Gasteiger partial charge on any atom is -0.478 e. The van der Waals surface area contributed by atoms with Crippen LogP contribution in [0.15, 0.2) is 91.0 Å². The molecule has 0 aliphatic carbocycles. The average Bonchev–Trinajstić information content (AvgIpc) is 2.93. The second kappa shape index (κ2) is 13.0. The van der Waals surface area contributed by atoms with Gasteiger partial charge in [0.25, 0.3) is 5.91 Å². The summed E-state index contributed by atoms with van der Waals surface area (Å²) in [7, 11) is 1.24. The van der Waals surface area contributed by atoms with Crippen molar-refractivity contribution in [3.8, 4) is 5.75 Å². The van der Waals surface area contributed by atoms with Gasteiger partial charge in [0.15, 0.2) is 17.7 Å². The molecule has 0 aliphatic heterocycles. The first-order chi connectivity index (χ1) is 18.7. The van der Waals surface area contributed by atoms with Crippen molar-refractivity contribution in [1.82, 2.24) is 5.32 Å². The first-order valence-corrected chi connectivity index (χ1v) is 13.0. The zero-order valence-corrected chi connectivity index (χ0v) is 22.9. The normalized spacial score (nSPS) is 12.3. The fourth-order valence-electron chi connectivity index (χ4n) is 3.95. The van der Waals surface area contributed by atoms with Gasteiger partial charge in [-0.3, -0.25) is 4.79 Å². The van der Waals surface area contributed by atoms with E-state index in [4.69, 9.17) is 44.3 Å². The molecular weight excluding hydrogens is 564 g/mol. The molecule has 0 bridgehead atoms. The molecule has 4 rings (SSSR count). The van der Waals surface area contributed by atoms with Gasteiger partial charge in [-0.25, -0.2) is 9.18 Å². The molecule has 5 nitrogen and oxygen atoms in total. The highest BCUT2D eigenvalue weighted by molar-refractivity contribution is 6.35. The minimum atomic E-state index is -0.954. The average molecular weight is 587 g/mol. The lowest BCUT2D eigenvalue weighted by atomic mass is 10.0. The maximum absolute atomic E-state index is 15.3. The highest BCUT2D eigenvalue weighted by atomic mass is 35.5. The number of benzene rings is 4. The monoisotopic (exact) mass is 585 g/mol. The topological polar surface area (TPSA) is 64.6 Å². The summed E-state index contributed by atoms with van der Waals surface area (Å²) in [6.07, 6.45) is -0.580. The van der Waals surface area contributed by atoms with Crippen molar-refractivity contribution in [3.05, 3.63) is 134 Å². The van der Waals surface area contributed by atoms with Gasteiger partial charge >= 0.3 is 5.97 Å². The van der Waals surface area contributed by atoms with Crippen LogP contribution in [0.5, 0.6) is 5.75 Å². The summed E-state index contributed by atoms with van der Waals surface area (Å²) in [5.41, 5.74) is 2.07. The van der Waals surface area contributed by atoms with E-state index in [2.05, 4.69) is 5.32 Å². The molecule has 0 aromatic heterocycles. The van der Waals surface area contributed by atoms with Crippen molar-refractivity contribution >= 4 is 46.7 Å². The van der Waals surface area contributed by atoms with Crippen molar-refractivity contribution in [1.29, 1.82) is 0 Å². The van der Waals surface area contributed by atoms with Crippen LogP contribution >= 0.6 is 34.8 Å². The third-order valence-electron chi connectivity index (χ3n) is 5.93. The van der Waals surface area contributed by atoms with Crippen LogP contribution in [-0.2, 0) is 16.0 Å². The predicted molar refractivity (Wildman–Crippen MR) is 150 cm³/mol. The third kappa shape index (κ3) is 7.30. The highest BCUT2D eigenvalue weighted by Gasteiger charge is 2.25. The molecule has 0 radical (unpaired) electrons. The molecule has 0 fully saturated rings. The number of hydrogen-bond acceptors (Lipinski definition) is 4. The standard InChI is InChI=1S/C30H23Cl3FNO4/c1-38-30(37)26(15-18-5-3-2-4-6-18)35-29(36)20-9-14-27(25(34)16-20)39-28(19-7-10-21(31)11-8-19)23-13-12-22(32)17-24(23)33/h2-14,16-17,26,28H,15H2,1H3,(H,35,36). The number of methoxy groups -OCH3 is 1. The Morgan fingerprint density at radius 2 is 1.56 bits per heavy atom. The lowest BCUT2D eigenvalue weighted by molar-refractivity contribution is -0.142. The molecule has 0 spiro atoms. The summed E-state index contributed by atoms with van der Waals surface area (Å²) in [6, 6.07) is 23.8. The maximum Gasteiger partial charge on any atom is 0.328 e. The van der Waals surface area contributed by atoms with Crippen molar-refractivity contribution in [2.24, 2.45) is 0 Å². The Balaban J connectivity index is 1.57. The van der Waals surface area contributed by atoms with Crippen LogP contribution in [0.1, 0.15) is 33.2 Å². The molecule has 4 aromatic carbocycles. The van der Waals surface area contributed by atoms with E-state index in [1.54, 1.807) is 42.5 Å². The van der Waals surface area contributed by atoms with E-state index in [1.807, 2.05) is 30.3 Å². The molecular formula is C30H23Cl3FNO4. The number of carbonyl (C=O) groups is 2. The van der Waals surface area contributed by atoms with Crippen LogP contribution in [0.25, 0.3) is 0 Å². The molecule has 200 valence electrons. The number of ether oxygens (including phenoxy) is 2. The van der Waals surface area contributed by atoms with Gasteiger partial charge in [-0.15, -0.1) is 0 Å². The van der Waals surface area contributed by atoms with Crippen molar-refractivity contribution in [2.45, 2.75) is 18.6 Å². The van der Waals surface area contributed by atoms with E-state index >= 15 is 4.39 Å². The maximum atomic E-state index is 15.3.